The normalized spacial score (nSPS) is 21.0. The van der Waals surface area contributed by atoms with E-state index in [0.717, 1.165) is 17.5 Å². The van der Waals surface area contributed by atoms with E-state index in [-0.39, 0.29) is 41.6 Å². The maximum Gasteiger partial charge on any atom is 0.342 e. The topological polar surface area (TPSA) is 87.2 Å². The highest BCUT2D eigenvalue weighted by Crippen LogP contribution is 2.58. The molecule has 3 unspecified atom stereocenters. The van der Waals surface area contributed by atoms with Crippen molar-refractivity contribution < 1.29 is 23.5 Å². The van der Waals surface area contributed by atoms with Crippen LogP contribution in [-0.2, 0) is 19.1 Å². The standard InChI is InChI=1S/C25H21NO6/c1-4-30-24(28)19(26-3)12-16-10-15-11-18-14(13-20(15)32-23(16)27)8-6-7-9-17-21(18)22(17)25(29)31-5-2/h10-13,17,21-22H,4-5,7,9H2,1-2H3/b19-12+. The molecule has 2 aromatic rings. The van der Waals surface area contributed by atoms with Gasteiger partial charge < -0.3 is 13.9 Å². The number of ether oxygens (including phenoxy) is 2. The Morgan fingerprint density at radius 2 is 2.03 bits per heavy atom. The number of hydrogen-bond donors (Lipinski definition) is 0. The molecule has 0 amide bonds. The van der Waals surface area contributed by atoms with Crippen LogP contribution in [0.2, 0.25) is 0 Å². The minimum atomic E-state index is -0.798. The van der Waals surface area contributed by atoms with Gasteiger partial charge >= 0.3 is 17.6 Å². The van der Waals surface area contributed by atoms with E-state index in [4.69, 9.17) is 20.5 Å². The number of carbonyl (C=O) groups is 2. The molecule has 4 rings (SSSR count). The predicted molar refractivity (Wildman–Crippen MR) is 116 cm³/mol. The molecule has 0 saturated heterocycles. The first-order chi connectivity index (χ1) is 15.5. The van der Waals surface area contributed by atoms with Crippen LogP contribution >= 0.6 is 0 Å². The molecular formula is C25H21NO6. The van der Waals surface area contributed by atoms with E-state index in [1.54, 1.807) is 26.0 Å². The minimum Gasteiger partial charge on any atom is -0.471 e. The largest absolute Gasteiger partial charge is 0.471 e. The van der Waals surface area contributed by atoms with Crippen LogP contribution in [0, 0.1) is 30.2 Å². The van der Waals surface area contributed by atoms with Gasteiger partial charge in [-0.05, 0) is 56.0 Å². The molecule has 3 atom stereocenters. The van der Waals surface area contributed by atoms with E-state index < -0.39 is 11.6 Å². The van der Waals surface area contributed by atoms with Crippen molar-refractivity contribution in [2.75, 3.05) is 13.2 Å². The van der Waals surface area contributed by atoms with Gasteiger partial charge in [0.05, 0.1) is 31.3 Å². The number of nitrogens with zero attached hydrogens (tertiary/aromatic N) is 1. The molecule has 7 heteroatoms. The molecule has 2 aliphatic carbocycles. The van der Waals surface area contributed by atoms with Gasteiger partial charge in [-0.3, -0.25) is 9.59 Å². The van der Waals surface area contributed by atoms with Gasteiger partial charge in [-0.25, -0.2) is 9.64 Å². The van der Waals surface area contributed by atoms with Gasteiger partial charge in [-0.15, -0.1) is 0 Å². The average Bonchev–Trinajstić information content (AvgIpc) is 3.47. The summed E-state index contributed by atoms with van der Waals surface area (Å²) in [7, 11) is 0. The van der Waals surface area contributed by atoms with Gasteiger partial charge in [0.15, 0.2) is 0 Å². The van der Waals surface area contributed by atoms with Gasteiger partial charge in [0, 0.05) is 23.3 Å². The maximum atomic E-state index is 12.5. The predicted octanol–water partition coefficient (Wildman–Crippen LogP) is 3.65. The Bertz CT molecular complexity index is 1300. The third kappa shape index (κ3) is 3.90. The van der Waals surface area contributed by atoms with E-state index in [2.05, 4.69) is 16.7 Å². The molecule has 162 valence electrons. The smallest absolute Gasteiger partial charge is 0.342 e. The fraction of sp³-hybridized carbons (Fsp3) is 0.360. The number of esters is 2. The summed E-state index contributed by atoms with van der Waals surface area (Å²) in [5, 5.41) is 0.624. The van der Waals surface area contributed by atoms with Crippen molar-refractivity contribution in [1.29, 1.82) is 0 Å². The Balaban J connectivity index is 1.80. The average molecular weight is 431 g/mol. The van der Waals surface area contributed by atoms with Gasteiger partial charge in [0.25, 0.3) is 5.70 Å². The van der Waals surface area contributed by atoms with Gasteiger partial charge in [0.1, 0.15) is 5.58 Å². The second kappa shape index (κ2) is 8.72. The lowest BCUT2D eigenvalue weighted by Crippen LogP contribution is -2.09. The zero-order chi connectivity index (χ0) is 22.8. The van der Waals surface area contributed by atoms with Crippen LogP contribution in [0.4, 0.5) is 0 Å². The van der Waals surface area contributed by atoms with E-state index >= 15 is 0 Å². The van der Waals surface area contributed by atoms with Crippen molar-refractivity contribution in [2.24, 2.45) is 11.8 Å². The molecule has 0 radical (unpaired) electrons. The Kier molecular flexibility index (Phi) is 5.83. The fourth-order valence-corrected chi connectivity index (χ4v) is 4.29. The molecule has 1 heterocycles. The molecule has 1 saturated carbocycles. The quantitative estimate of drug-likeness (QED) is 0.236. The van der Waals surface area contributed by atoms with Crippen LogP contribution in [0.15, 0.2) is 33.1 Å². The highest BCUT2D eigenvalue weighted by atomic mass is 16.5. The van der Waals surface area contributed by atoms with Gasteiger partial charge in [-0.2, -0.15) is 0 Å². The molecule has 0 bridgehead atoms. The lowest BCUT2D eigenvalue weighted by molar-refractivity contribution is -0.145. The molecule has 2 aliphatic rings. The minimum absolute atomic E-state index is 0.00676. The Morgan fingerprint density at radius 1 is 1.25 bits per heavy atom. The van der Waals surface area contributed by atoms with Crippen LogP contribution in [0.3, 0.4) is 0 Å². The number of carbonyl (C=O) groups excluding carboxylic acids is 2. The Labute approximate surface area is 184 Å². The summed E-state index contributed by atoms with van der Waals surface area (Å²) in [5.41, 5.74) is 1.11. The maximum absolute atomic E-state index is 12.5. The molecule has 1 aromatic heterocycles. The highest BCUT2D eigenvalue weighted by Gasteiger charge is 2.56. The van der Waals surface area contributed by atoms with Crippen LogP contribution < -0.4 is 5.63 Å². The van der Waals surface area contributed by atoms with Crippen LogP contribution in [0.25, 0.3) is 21.9 Å². The molecule has 0 N–H and O–H groups in total. The molecule has 0 spiro atoms. The number of fused-ring (bicyclic) bond motifs is 4. The van der Waals surface area contributed by atoms with Crippen LogP contribution in [-0.4, -0.2) is 25.2 Å². The number of benzene rings is 1. The Hall–Kier alpha value is -3.84. The van der Waals surface area contributed by atoms with E-state index in [1.807, 2.05) is 6.07 Å². The fourth-order valence-electron chi connectivity index (χ4n) is 4.29. The molecule has 7 nitrogen and oxygen atoms in total. The number of hydrogen-bond acceptors (Lipinski definition) is 6. The summed E-state index contributed by atoms with van der Waals surface area (Å²) >= 11 is 0. The van der Waals surface area contributed by atoms with E-state index in [1.165, 1.54) is 6.08 Å². The molecule has 32 heavy (non-hydrogen) atoms. The molecule has 0 aliphatic heterocycles. The first kappa shape index (κ1) is 21.4. The van der Waals surface area contributed by atoms with Crippen molar-refractivity contribution in [1.82, 2.24) is 0 Å². The van der Waals surface area contributed by atoms with Gasteiger partial charge in [0.2, 0.25) is 0 Å². The lowest BCUT2D eigenvalue weighted by atomic mass is 9.96. The summed E-state index contributed by atoms with van der Waals surface area (Å²) in [6.07, 6.45) is 2.69. The lowest BCUT2D eigenvalue weighted by Gasteiger charge is -2.09. The highest BCUT2D eigenvalue weighted by molar-refractivity contribution is 5.96. The first-order valence-corrected chi connectivity index (χ1v) is 10.5. The zero-order valence-electron chi connectivity index (χ0n) is 17.8. The van der Waals surface area contributed by atoms with Crippen molar-refractivity contribution in [3.05, 3.63) is 62.4 Å². The third-order valence-electron chi connectivity index (χ3n) is 5.74. The molecule has 1 fully saturated rings. The third-order valence-corrected chi connectivity index (χ3v) is 5.74. The van der Waals surface area contributed by atoms with Crippen molar-refractivity contribution >= 4 is 29.0 Å². The number of rotatable bonds is 5. The SMILES string of the molecule is [C-]#[N+]/C(=C/c1cc2cc3c(cc2oc1=O)C#CCCC1C(C(=O)OCC)C31)C(=O)OCC. The van der Waals surface area contributed by atoms with Crippen LogP contribution in [0.5, 0.6) is 0 Å². The zero-order valence-corrected chi connectivity index (χ0v) is 17.8. The van der Waals surface area contributed by atoms with Crippen molar-refractivity contribution in [3.8, 4) is 11.8 Å². The summed E-state index contributed by atoms with van der Waals surface area (Å²) in [6.45, 7) is 11.1. The monoisotopic (exact) mass is 431 g/mol. The molecule has 1 aromatic carbocycles. The summed E-state index contributed by atoms with van der Waals surface area (Å²) < 4.78 is 15.6. The summed E-state index contributed by atoms with van der Waals surface area (Å²) in [6, 6.07) is 5.18. The summed E-state index contributed by atoms with van der Waals surface area (Å²) in [4.78, 5) is 40.0. The molecular weight excluding hydrogens is 410 g/mol. The Morgan fingerprint density at radius 3 is 2.75 bits per heavy atom. The van der Waals surface area contributed by atoms with Crippen LogP contribution in [0.1, 0.15) is 49.3 Å². The summed E-state index contributed by atoms with van der Waals surface area (Å²) in [5.74, 6) is 5.23. The van der Waals surface area contributed by atoms with Gasteiger partial charge in [-0.1, -0.05) is 11.8 Å². The van der Waals surface area contributed by atoms with E-state index in [9.17, 15) is 14.4 Å². The first-order valence-electron chi connectivity index (χ1n) is 10.5. The second-order valence-electron chi connectivity index (χ2n) is 7.64. The van der Waals surface area contributed by atoms with E-state index in [0.29, 0.717) is 24.0 Å². The van der Waals surface area contributed by atoms with Crippen molar-refractivity contribution in [2.45, 2.75) is 32.6 Å². The van der Waals surface area contributed by atoms with Crippen molar-refractivity contribution in [3.63, 3.8) is 0 Å². The second-order valence-corrected chi connectivity index (χ2v) is 7.64.